The molecule has 2 nitrogen and oxygen atoms in total. The van der Waals surface area contributed by atoms with Crippen molar-refractivity contribution in [1.82, 2.24) is 0 Å². The van der Waals surface area contributed by atoms with Crippen molar-refractivity contribution < 1.29 is 9.47 Å². The van der Waals surface area contributed by atoms with Crippen molar-refractivity contribution in [2.24, 2.45) is 0 Å². The van der Waals surface area contributed by atoms with Gasteiger partial charge in [-0.1, -0.05) is 22.6 Å². The van der Waals surface area contributed by atoms with E-state index in [9.17, 15) is 0 Å². The highest BCUT2D eigenvalue weighted by atomic mass is 127. The van der Waals surface area contributed by atoms with Gasteiger partial charge in [-0.25, -0.2) is 0 Å². The van der Waals surface area contributed by atoms with Crippen LogP contribution >= 0.6 is 22.6 Å². The molecule has 2 fully saturated rings. The highest BCUT2D eigenvalue weighted by Crippen LogP contribution is 2.32. The van der Waals surface area contributed by atoms with Gasteiger partial charge in [0.15, 0.2) is 0 Å². The number of halogens is 1. The predicted molar refractivity (Wildman–Crippen MR) is 69.6 cm³/mol. The largest absolute Gasteiger partial charge is 0.381 e. The smallest absolute Gasteiger partial charge is 0.0696 e. The van der Waals surface area contributed by atoms with Gasteiger partial charge in [0, 0.05) is 11.0 Å². The molecule has 2 saturated carbocycles. The first-order valence-electron chi connectivity index (χ1n) is 6.12. The second-order valence-electron chi connectivity index (χ2n) is 4.76. The van der Waals surface area contributed by atoms with E-state index >= 15 is 0 Å². The molecule has 2 atom stereocenters. The molecule has 2 unspecified atom stereocenters. The van der Waals surface area contributed by atoms with Gasteiger partial charge < -0.3 is 9.47 Å². The fourth-order valence-electron chi connectivity index (χ4n) is 2.69. The summed E-state index contributed by atoms with van der Waals surface area (Å²) >= 11 is 2.55. The number of ether oxygens (including phenoxy) is 2. The Bertz CT molecular complexity index is 190. The Balaban J connectivity index is 1.72. The lowest BCUT2D eigenvalue weighted by atomic mass is 9.95. The summed E-state index contributed by atoms with van der Waals surface area (Å²) in [4.78, 5) is 0. The molecule has 88 valence electrons. The van der Waals surface area contributed by atoms with Gasteiger partial charge in [0.25, 0.3) is 0 Å². The van der Waals surface area contributed by atoms with Gasteiger partial charge in [-0.05, 0) is 44.9 Å². The van der Waals surface area contributed by atoms with Crippen LogP contribution in [0.5, 0.6) is 0 Å². The molecule has 0 saturated heterocycles. The Hall–Kier alpha value is 0.650. The Kier molecular flexibility index (Phi) is 4.70. The summed E-state index contributed by atoms with van der Waals surface area (Å²) in [5.74, 6) is 0. The SMILES string of the molecule is COC1CCC(OC2CCCC2I)CC1. The van der Waals surface area contributed by atoms with E-state index in [4.69, 9.17) is 9.47 Å². The number of hydrogen-bond acceptors (Lipinski definition) is 2. The van der Waals surface area contributed by atoms with Gasteiger partial charge in [-0.2, -0.15) is 0 Å². The molecule has 0 radical (unpaired) electrons. The molecule has 2 aliphatic rings. The monoisotopic (exact) mass is 324 g/mol. The van der Waals surface area contributed by atoms with E-state index in [1.807, 2.05) is 7.11 Å². The molecule has 15 heavy (non-hydrogen) atoms. The van der Waals surface area contributed by atoms with Crippen LogP contribution in [-0.2, 0) is 9.47 Å². The summed E-state index contributed by atoms with van der Waals surface area (Å²) in [5.41, 5.74) is 0. The van der Waals surface area contributed by atoms with E-state index in [0.717, 1.165) is 3.92 Å². The van der Waals surface area contributed by atoms with Crippen molar-refractivity contribution in [2.45, 2.75) is 67.2 Å². The molecule has 0 aromatic carbocycles. The maximum atomic E-state index is 6.19. The van der Waals surface area contributed by atoms with Gasteiger partial charge in [-0.15, -0.1) is 0 Å². The Morgan fingerprint density at radius 1 is 0.933 bits per heavy atom. The van der Waals surface area contributed by atoms with Gasteiger partial charge >= 0.3 is 0 Å². The summed E-state index contributed by atoms with van der Waals surface area (Å²) in [7, 11) is 1.82. The molecule has 0 aromatic rings. The first kappa shape index (κ1) is 12.1. The van der Waals surface area contributed by atoms with Crippen LogP contribution in [0.3, 0.4) is 0 Å². The van der Waals surface area contributed by atoms with Crippen molar-refractivity contribution in [3.63, 3.8) is 0 Å². The lowest BCUT2D eigenvalue weighted by Crippen LogP contribution is -2.31. The molecule has 3 heteroatoms. The number of methoxy groups -OCH3 is 1. The summed E-state index contributed by atoms with van der Waals surface area (Å²) in [6.07, 6.45) is 10.3. The van der Waals surface area contributed by atoms with Crippen molar-refractivity contribution in [3.8, 4) is 0 Å². The topological polar surface area (TPSA) is 18.5 Å². The first-order chi connectivity index (χ1) is 7.29. The van der Waals surface area contributed by atoms with E-state index in [-0.39, 0.29) is 0 Å². The molecule has 2 aliphatic carbocycles. The maximum absolute atomic E-state index is 6.19. The van der Waals surface area contributed by atoms with Gasteiger partial charge in [0.05, 0.1) is 18.3 Å². The minimum Gasteiger partial charge on any atom is -0.381 e. The highest BCUT2D eigenvalue weighted by Gasteiger charge is 2.30. The van der Waals surface area contributed by atoms with E-state index in [0.29, 0.717) is 18.3 Å². The van der Waals surface area contributed by atoms with Crippen LogP contribution in [0.4, 0.5) is 0 Å². The minimum atomic E-state index is 0.490. The normalized spacial score (nSPS) is 42.0. The maximum Gasteiger partial charge on any atom is 0.0696 e. The summed E-state index contributed by atoms with van der Waals surface area (Å²) < 4.78 is 12.3. The molecular formula is C12H21IO2. The number of hydrogen-bond donors (Lipinski definition) is 0. The predicted octanol–water partition coefficient (Wildman–Crippen LogP) is 3.32. The zero-order chi connectivity index (χ0) is 10.7. The molecule has 0 amide bonds. The second-order valence-corrected chi connectivity index (χ2v) is 6.36. The summed E-state index contributed by atoms with van der Waals surface area (Å²) in [6, 6.07) is 0. The molecular weight excluding hydrogens is 303 g/mol. The molecule has 2 rings (SSSR count). The zero-order valence-corrected chi connectivity index (χ0v) is 11.6. The lowest BCUT2D eigenvalue weighted by Gasteiger charge is -2.30. The van der Waals surface area contributed by atoms with E-state index in [1.54, 1.807) is 0 Å². The van der Waals surface area contributed by atoms with Crippen LogP contribution < -0.4 is 0 Å². The van der Waals surface area contributed by atoms with Gasteiger partial charge in [0.1, 0.15) is 0 Å². The van der Waals surface area contributed by atoms with Crippen LogP contribution in [-0.4, -0.2) is 29.3 Å². The molecule has 0 spiro atoms. The van der Waals surface area contributed by atoms with Crippen molar-refractivity contribution in [2.75, 3.05) is 7.11 Å². The first-order valence-corrected chi connectivity index (χ1v) is 7.36. The third-order valence-electron chi connectivity index (χ3n) is 3.69. The highest BCUT2D eigenvalue weighted by molar-refractivity contribution is 14.1. The van der Waals surface area contributed by atoms with Crippen LogP contribution in [0.25, 0.3) is 0 Å². The van der Waals surface area contributed by atoms with Crippen LogP contribution in [0, 0.1) is 0 Å². The fraction of sp³-hybridized carbons (Fsp3) is 1.00. The van der Waals surface area contributed by atoms with Crippen molar-refractivity contribution in [1.29, 1.82) is 0 Å². The molecule has 0 aliphatic heterocycles. The quantitative estimate of drug-likeness (QED) is 0.586. The van der Waals surface area contributed by atoms with Gasteiger partial charge in [0.2, 0.25) is 0 Å². The number of rotatable bonds is 3. The van der Waals surface area contributed by atoms with E-state index < -0.39 is 0 Å². The lowest BCUT2D eigenvalue weighted by molar-refractivity contribution is -0.0485. The standard InChI is InChI=1S/C12H21IO2/c1-14-9-5-7-10(8-6-9)15-12-4-2-3-11(12)13/h9-12H,2-8H2,1H3. The molecule has 0 aromatic heterocycles. The molecule has 0 bridgehead atoms. The average molecular weight is 324 g/mol. The third-order valence-corrected chi connectivity index (χ3v) is 5.12. The Labute approximate surface area is 106 Å². The summed E-state index contributed by atoms with van der Waals surface area (Å²) in [6.45, 7) is 0. The van der Waals surface area contributed by atoms with Crippen LogP contribution in [0.1, 0.15) is 44.9 Å². The molecule has 0 N–H and O–H groups in total. The third kappa shape index (κ3) is 3.30. The van der Waals surface area contributed by atoms with Crippen molar-refractivity contribution in [3.05, 3.63) is 0 Å². The minimum absolute atomic E-state index is 0.490. The number of alkyl halides is 1. The Morgan fingerprint density at radius 3 is 2.13 bits per heavy atom. The second kappa shape index (κ2) is 5.82. The fourth-order valence-corrected chi connectivity index (χ4v) is 3.65. The van der Waals surface area contributed by atoms with Crippen molar-refractivity contribution >= 4 is 22.6 Å². The van der Waals surface area contributed by atoms with Crippen LogP contribution in [0.15, 0.2) is 0 Å². The average Bonchev–Trinajstić information content (AvgIpc) is 2.66. The zero-order valence-electron chi connectivity index (χ0n) is 9.45. The Morgan fingerprint density at radius 2 is 1.60 bits per heavy atom. The van der Waals surface area contributed by atoms with E-state index in [1.165, 1.54) is 44.9 Å². The van der Waals surface area contributed by atoms with Crippen LogP contribution in [0.2, 0.25) is 0 Å². The van der Waals surface area contributed by atoms with E-state index in [2.05, 4.69) is 22.6 Å². The van der Waals surface area contributed by atoms with Gasteiger partial charge in [-0.3, -0.25) is 0 Å². The summed E-state index contributed by atoms with van der Waals surface area (Å²) in [5, 5.41) is 0. The molecule has 0 heterocycles.